The van der Waals surface area contributed by atoms with Crippen molar-refractivity contribution in [3.05, 3.63) is 10.1 Å². The van der Waals surface area contributed by atoms with Crippen molar-refractivity contribution in [2.45, 2.75) is 6.42 Å². The number of aliphatic carboxylic acids is 1. The van der Waals surface area contributed by atoms with Crippen LogP contribution in [0.1, 0.15) is 6.42 Å². The van der Waals surface area contributed by atoms with E-state index < -0.39 is 17.0 Å². The fourth-order valence-electron chi connectivity index (χ4n) is 0.350. The second-order valence-electron chi connectivity index (χ2n) is 1.77. The number of hydrazone groups is 1. The van der Waals surface area contributed by atoms with Crippen LogP contribution >= 0.6 is 0 Å². The molecule has 4 N–H and O–H groups in total. The Kier molecular flexibility index (Phi) is 4.54. The topological polar surface area (TPSA) is 141 Å². The molecule has 0 bridgehead atoms. The highest BCUT2D eigenvalue weighted by molar-refractivity contribution is 5.85. The zero-order valence-electron chi connectivity index (χ0n) is 6.35. The molecule has 0 aromatic carbocycles. The lowest BCUT2D eigenvalue weighted by atomic mass is 10.5. The molecule has 0 saturated heterocycles. The van der Waals surface area contributed by atoms with Crippen molar-refractivity contribution in [3.63, 3.8) is 0 Å². The molecule has 0 aromatic heterocycles. The van der Waals surface area contributed by atoms with E-state index in [9.17, 15) is 14.9 Å². The zero-order chi connectivity index (χ0) is 10.3. The average Bonchev–Trinajstić information content (AvgIpc) is 1.96. The third kappa shape index (κ3) is 7.71. The third-order valence-electron chi connectivity index (χ3n) is 0.737. The normalized spacial score (nSPS) is 9.54. The summed E-state index contributed by atoms with van der Waals surface area (Å²) in [6.45, 7) is 0. The number of guanidine groups is 1. The van der Waals surface area contributed by atoms with Gasteiger partial charge in [-0.25, -0.2) is 15.5 Å². The predicted octanol–water partition coefficient (Wildman–Crippen LogP) is -1.25. The number of carbonyl (C=O) groups is 1. The van der Waals surface area contributed by atoms with Crippen molar-refractivity contribution in [1.29, 1.82) is 5.41 Å². The van der Waals surface area contributed by atoms with Crippen molar-refractivity contribution >= 4 is 18.1 Å². The van der Waals surface area contributed by atoms with E-state index in [1.54, 1.807) is 0 Å². The molecule has 0 aliphatic heterocycles. The summed E-state index contributed by atoms with van der Waals surface area (Å²) in [6.07, 6.45) is 0.650. The maximum absolute atomic E-state index is 9.93. The lowest BCUT2D eigenvalue weighted by Crippen LogP contribution is -2.37. The van der Waals surface area contributed by atoms with E-state index in [1.807, 2.05) is 5.43 Å². The van der Waals surface area contributed by atoms with Gasteiger partial charge in [-0.2, -0.15) is 5.10 Å². The standard InChI is InChI=1S/C4H7N5O4/c5-4(8-9(12)13)7-6-2-1-3(10)11/h2H,1H2,(H,10,11)(H3,5,7,8)/b6-2+. The Morgan fingerprint density at radius 2 is 2.38 bits per heavy atom. The first-order valence-corrected chi connectivity index (χ1v) is 3.01. The van der Waals surface area contributed by atoms with Crippen LogP contribution in [0, 0.1) is 15.5 Å². The van der Waals surface area contributed by atoms with Crippen LogP contribution in [0.4, 0.5) is 0 Å². The summed E-state index contributed by atoms with van der Waals surface area (Å²) in [4.78, 5) is 19.6. The molecule has 0 heterocycles. The quantitative estimate of drug-likeness (QED) is 0.188. The maximum atomic E-state index is 9.93. The van der Waals surface area contributed by atoms with Crippen LogP contribution in [0.15, 0.2) is 5.10 Å². The number of hydrogen-bond donors (Lipinski definition) is 4. The van der Waals surface area contributed by atoms with Gasteiger partial charge in [-0.05, 0) is 0 Å². The molecule has 9 nitrogen and oxygen atoms in total. The SMILES string of the molecule is N=C(N/N=C/CC(=O)O)N[N+](=O)[O-]. The van der Waals surface area contributed by atoms with Gasteiger partial charge >= 0.3 is 5.97 Å². The van der Waals surface area contributed by atoms with E-state index in [2.05, 4.69) is 5.10 Å². The van der Waals surface area contributed by atoms with Crippen LogP contribution in [0.3, 0.4) is 0 Å². The number of hydrogen-bond acceptors (Lipinski definition) is 5. The Morgan fingerprint density at radius 3 is 2.85 bits per heavy atom. The van der Waals surface area contributed by atoms with Gasteiger partial charge in [0.05, 0.1) is 6.42 Å². The molecule has 72 valence electrons. The summed E-state index contributed by atoms with van der Waals surface area (Å²) in [5, 5.41) is 26.9. The van der Waals surface area contributed by atoms with Crippen molar-refractivity contribution in [3.8, 4) is 0 Å². The molecule has 0 spiro atoms. The first-order chi connectivity index (χ1) is 6.02. The fourth-order valence-corrected chi connectivity index (χ4v) is 0.350. The molecular weight excluding hydrogens is 182 g/mol. The summed E-state index contributed by atoms with van der Waals surface area (Å²) in [7, 11) is 0. The predicted molar refractivity (Wildman–Crippen MR) is 41.7 cm³/mol. The van der Waals surface area contributed by atoms with Gasteiger partial charge in [0.2, 0.25) is 0 Å². The molecule has 0 aliphatic carbocycles. The second kappa shape index (κ2) is 5.46. The molecule has 0 aromatic rings. The minimum Gasteiger partial charge on any atom is -0.481 e. The van der Waals surface area contributed by atoms with E-state index in [4.69, 9.17) is 10.5 Å². The number of hydrazine groups is 1. The monoisotopic (exact) mass is 189 g/mol. The van der Waals surface area contributed by atoms with Gasteiger partial charge in [-0.1, -0.05) is 5.43 Å². The van der Waals surface area contributed by atoms with Gasteiger partial charge in [0.25, 0.3) is 5.96 Å². The number of nitro groups is 1. The Hall–Kier alpha value is -2.19. The van der Waals surface area contributed by atoms with Crippen LogP contribution in [-0.2, 0) is 4.79 Å². The molecule has 9 heteroatoms. The van der Waals surface area contributed by atoms with E-state index in [0.717, 1.165) is 6.21 Å². The van der Waals surface area contributed by atoms with Crippen molar-refractivity contribution in [2.24, 2.45) is 5.10 Å². The highest BCUT2D eigenvalue weighted by Crippen LogP contribution is 1.71. The number of nitrogens with one attached hydrogen (secondary N) is 3. The third-order valence-corrected chi connectivity index (χ3v) is 0.737. The molecule has 0 radical (unpaired) electrons. The minimum absolute atomic E-state index is 0.321. The average molecular weight is 189 g/mol. The van der Waals surface area contributed by atoms with E-state index >= 15 is 0 Å². The molecule has 0 amide bonds. The van der Waals surface area contributed by atoms with E-state index in [1.165, 1.54) is 5.43 Å². The summed E-state index contributed by atoms with van der Waals surface area (Å²) in [5.41, 5.74) is 3.37. The first-order valence-electron chi connectivity index (χ1n) is 3.01. The highest BCUT2D eigenvalue weighted by Gasteiger charge is 1.98. The number of nitrogens with zero attached hydrogens (tertiary/aromatic N) is 2. The van der Waals surface area contributed by atoms with Gasteiger partial charge in [0.1, 0.15) is 0 Å². The molecule has 13 heavy (non-hydrogen) atoms. The molecule has 0 unspecified atom stereocenters. The molecule has 0 saturated carbocycles. The highest BCUT2D eigenvalue weighted by atomic mass is 16.7. The molecule has 0 rings (SSSR count). The van der Waals surface area contributed by atoms with Crippen LogP contribution in [0.25, 0.3) is 0 Å². The van der Waals surface area contributed by atoms with Crippen LogP contribution in [-0.4, -0.2) is 28.3 Å². The second-order valence-corrected chi connectivity index (χ2v) is 1.77. The lowest BCUT2D eigenvalue weighted by Gasteiger charge is -1.96. The molecular formula is C4H7N5O4. The number of rotatable bonds is 4. The maximum Gasteiger partial charge on any atom is 0.308 e. The van der Waals surface area contributed by atoms with Crippen LogP contribution in [0.5, 0.6) is 0 Å². The van der Waals surface area contributed by atoms with Crippen LogP contribution < -0.4 is 10.9 Å². The summed E-state index contributed by atoms with van der Waals surface area (Å²) in [6, 6.07) is 0. The summed E-state index contributed by atoms with van der Waals surface area (Å²) < 4.78 is 0. The van der Waals surface area contributed by atoms with Crippen LogP contribution in [0.2, 0.25) is 0 Å². The van der Waals surface area contributed by atoms with Crippen molar-refractivity contribution in [2.75, 3.05) is 0 Å². The summed E-state index contributed by atoms with van der Waals surface area (Å²) in [5.74, 6) is -1.73. The number of carboxylic acid groups (broad SMARTS) is 1. The summed E-state index contributed by atoms with van der Waals surface area (Å²) >= 11 is 0. The number of carboxylic acids is 1. The van der Waals surface area contributed by atoms with E-state index in [-0.39, 0.29) is 6.42 Å². The smallest absolute Gasteiger partial charge is 0.308 e. The van der Waals surface area contributed by atoms with Gasteiger partial charge in [0, 0.05) is 6.21 Å². The largest absolute Gasteiger partial charge is 0.481 e. The molecule has 0 aliphatic rings. The van der Waals surface area contributed by atoms with Crippen molar-refractivity contribution in [1.82, 2.24) is 10.9 Å². The lowest BCUT2D eigenvalue weighted by molar-refractivity contribution is -0.525. The zero-order valence-corrected chi connectivity index (χ0v) is 6.35. The molecule has 0 fully saturated rings. The Labute approximate surface area is 72.1 Å². The van der Waals surface area contributed by atoms with Gasteiger partial charge < -0.3 is 5.11 Å². The Morgan fingerprint density at radius 1 is 1.77 bits per heavy atom. The van der Waals surface area contributed by atoms with Crippen molar-refractivity contribution < 1.29 is 14.9 Å². The first kappa shape index (κ1) is 10.8. The van der Waals surface area contributed by atoms with Gasteiger partial charge in [-0.15, -0.1) is 0 Å². The van der Waals surface area contributed by atoms with Gasteiger partial charge in [0.15, 0.2) is 5.03 Å². The van der Waals surface area contributed by atoms with Gasteiger partial charge in [-0.3, -0.25) is 10.2 Å². The van der Waals surface area contributed by atoms with E-state index in [0.29, 0.717) is 0 Å². The fraction of sp³-hybridized carbons (Fsp3) is 0.250. The molecule has 0 atom stereocenters. The Bertz CT molecular complexity index is 249. The minimum atomic E-state index is -1.08. The Balaban J connectivity index is 3.63.